The highest BCUT2D eigenvalue weighted by Gasteiger charge is 2.32. The highest BCUT2D eigenvalue weighted by Crippen LogP contribution is 2.26. The molecule has 0 aliphatic heterocycles. The Morgan fingerprint density at radius 2 is 1.57 bits per heavy atom. The van der Waals surface area contributed by atoms with Crippen molar-refractivity contribution in [1.29, 1.82) is 0 Å². The second-order valence-corrected chi connectivity index (χ2v) is 11.4. The first-order valence-electron chi connectivity index (χ1n) is 13.6. The van der Waals surface area contributed by atoms with Crippen LogP contribution in [0.3, 0.4) is 0 Å². The minimum absolute atomic E-state index is 0.0306. The van der Waals surface area contributed by atoms with Crippen molar-refractivity contribution >= 4 is 27.5 Å². The molecular weight excluding hydrogens is 526 g/mol. The summed E-state index contributed by atoms with van der Waals surface area (Å²) >= 11 is 0. The van der Waals surface area contributed by atoms with E-state index >= 15 is 0 Å². The molecule has 0 heterocycles. The largest absolute Gasteiger partial charge is 0.494 e. The quantitative estimate of drug-likeness (QED) is 0.280. The van der Waals surface area contributed by atoms with Gasteiger partial charge in [0.2, 0.25) is 11.8 Å². The SMILES string of the molecule is CCCCNC(=O)[C@H](C)N(Cc1ccc(C)cc1)C(=O)CN(c1ccccc1)S(=O)(=O)c1ccc(OCC)cc1. The summed E-state index contributed by atoms with van der Waals surface area (Å²) in [7, 11) is -4.13. The fourth-order valence-electron chi connectivity index (χ4n) is 4.13. The van der Waals surface area contributed by atoms with E-state index in [-0.39, 0.29) is 17.3 Å². The smallest absolute Gasteiger partial charge is 0.264 e. The summed E-state index contributed by atoms with van der Waals surface area (Å²) in [6.07, 6.45) is 1.75. The lowest BCUT2D eigenvalue weighted by molar-refractivity contribution is -0.139. The number of unbranched alkanes of at least 4 members (excludes halogenated alkanes) is 1. The number of aryl methyl sites for hydroxylation is 1. The van der Waals surface area contributed by atoms with Gasteiger partial charge in [0, 0.05) is 13.1 Å². The van der Waals surface area contributed by atoms with Crippen LogP contribution in [-0.4, -0.2) is 50.9 Å². The summed E-state index contributed by atoms with van der Waals surface area (Å²) < 4.78 is 34.3. The van der Waals surface area contributed by atoms with Gasteiger partial charge in [-0.05, 0) is 69.2 Å². The molecule has 3 rings (SSSR count). The van der Waals surface area contributed by atoms with Gasteiger partial charge in [0.05, 0.1) is 17.2 Å². The number of sulfonamides is 1. The number of ether oxygens (including phenoxy) is 1. The van der Waals surface area contributed by atoms with Gasteiger partial charge in [-0.25, -0.2) is 8.42 Å². The number of nitrogens with zero attached hydrogens (tertiary/aromatic N) is 2. The van der Waals surface area contributed by atoms with Crippen LogP contribution in [0.2, 0.25) is 0 Å². The normalized spacial score (nSPS) is 11.9. The molecule has 0 aliphatic rings. The zero-order chi connectivity index (χ0) is 29.1. The van der Waals surface area contributed by atoms with Crippen molar-refractivity contribution in [2.45, 2.75) is 58.0 Å². The van der Waals surface area contributed by atoms with Crippen molar-refractivity contribution in [1.82, 2.24) is 10.2 Å². The fourth-order valence-corrected chi connectivity index (χ4v) is 5.55. The number of nitrogens with one attached hydrogen (secondary N) is 1. The van der Waals surface area contributed by atoms with Crippen molar-refractivity contribution < 1.29 is 22.7 Å². The molecule has 1 atom stereocenters. The van der Waals surface area contributed by atoms with Crippen LogP contribution in [0, 0.1) is 6.92 Å². The monoisotopic (exact) mass is 565 g/mol. The van der Waals surface area contributed by atoms with E-state index in [1.54, 1.807) is 49.4 Å². The van der Waals surface area contributed by atoms with Gasteiger partial charge in [-0.15, -0.1) is 0 Å². The van der Waals surface area contributed by atoms with E-state index in [1.807, 2.05) is 45.0 Å². The minimum Gasteiger partial charge on any atom is -0.494 e. The number of para-hydroxylation sites is 1. The van der Waals surface area contributed by atoms with Crippen LogP contribution in [0.15, 0.2) is 83.8 Å². The van der Waals surface area contributed by atoms with Gasteiger partial charge in [-0.2, -0.15) is 0 Å². The van der Waals surface area contributed by atoms with Crippen molar-refractivity contribution in [2.24, 2.45) is 0 Å². The Morgan fingerprint density at radius 3 is 2.17 bits per heavy atom. The number of hydrogen-bond donors (Lipinski definition) is 1. The summed E-state index contributed by atoms with van der Waals surface area (Å²) in [5.41, 5.74) is 2.26. The van der Waals surface area contributed by atoms with Gasteiger partial charge >= 0.3 is 0 Å². The molecular formula is C31H39N3O5S. The molecule has 1 N–H and O–H groups in total. The molecule has 40 heavy (non-hydrogen) atoms. The van der Waals surface area contributed by atoms with Crippen LogP contribution in [0.25, 0.3) is 0 Å². The van der Waals surface area contributed by atoms with E-state index in [0.717, 1.165) is 28.3 Å². The van der Waals surface area contributed by atoms with Gasteiger partial charge in [-0.3, -0.25) is 13.9 Å². The van der Waals surface area contributed by atoms with Gasteiger partial charge in [0.25, 0.3) is 10.0 Å². The summed E-state index contributed by atoms with van der Waals surface area (Å²) in [6, 6.07) is 21.5. The van der Waals surface area contributed by atoms with Crippen LogP contribution in [0.1, 0.15) is 44.7 Å². The Bertz CT molecular complexity index is 1340. The van der Waals surface area contributed by atoms with Crippen LogP contribution in [0.5, 0.6) is 5.75 Å². The van der Waals surface area contributed by atoms with E-state index in [1.165, 1.54) is 17.0 Å². The number of amides is 2. The van der Waals surface area contributed by atoms with Gasteiger partial charge in [0.1, 0.15) is 18.3 Å². The summed E-state index contributed by atoms with van der Waals surface area (Å²) in [5.74, 6) is -0.220. The maximum atomic E-state index is 13.9. The van der Waals surface area contributed by atoms with Crippen LogP contribution < -0.4 is 14.4 Å². The summed E-state index contributed by atoms with van der Waals surface area (Å²) in [4.78, 5) is 28.4. The standard InChI is InChI=1S/C31H39N3O5S/c1-5-7-21-32-31(36)25(4)33(22-26-15-13-24(3)14-16-26)30(35)23-34(27-11-9-8-10-12-27)40(37,38)29-19-17-28(18-20-29)39-6-2/h8-20,25H,5-7,21-23H2,1-4H3,(H,32,36)/t25-/m0/s1. The summed E-state index contributed by atoms with van der Waals surface area (Å²) in [6.45, 7) is 8.17. The van der Waals surface area contributed by atoms with Crippen molar-refractivity contribution in [3.8, 4) is 5.75 Å². The number of carbonyl (C=O) groups excluding carboxylic acids is 2. The number of anilines is 1. The van der Waals surface area contributed by atoms with E-state index < -0.39 is 28.5 Å². The Labute approximate surface area is 238 Å². The lowest BCUT2D eigenvalue weighted by Gasteiger charge is -2.32. The first kappa shape index (κ1) is 30.7. The van der Waals surface area contributed by atoms with E-state index in [0.29, 0.717) is 24.6 Å². The maximum Gasteiger partial charge on any atom is 0.264 e. The van der Waals surface area contributed by atoms with Crippen molar-refractivity contribution in [2.75, 3.05) is 24.0 Å². The molecule has 0 bridgehead atoms. The number of benzene rings is 3. The summed E-state index contributed by atoms with van der Waals surface area (Å²) in [5, 5.41) is 2.89. The molecule has 0 fully saturated rings. The first-order chi connectivity index (χ1) is 19.2. The number of carbonyl (C=O) groups is 2. The Kier molecular flexibility index (Phi) is 11.1. The second kappa shape index (κ2) is 14.5. The van der Waals surface area contributed by atoms with Crippen LogP contribution >= 0.6 is 0 Å². The average Bonchev–Trinajstić information content (AvgIpc) is 2.96. The topological polar surface area (TPSA) is 96.0 Å². The maximum absolute atomic E-state index is 13.9. The number of rotatable bonds is 14. The lowest BCUT2D eigenvalue weighted by atomic mass is 10.1. The fraction of sp³-hybridized carbons (Fsp3) is 0.355. The third-order valence-electron chi connectivity index (χ3n) is 6.52. The molecule has 8 nitrogen and oxygen atoms in total. The van der Waals surface area contributed by atoms with Crippen molar-refractivity contribution in [3.05, 3.63) is 90.0 Å². The van der Waals surface area contributed by atoms with E-state index in [9.17, 15) is 18.0 Å². The van der Waals surface area contributed by atoms with Crippen molar-refractivity contribution in [3.63, 3.8) is 0 Å². The molecule has 0 aliphatic carbocycles. The predicted molar refractivity (Wildman–Crippen MR) is 158 cm³/mol. The molecule has 3 aromatic carbocycles. The van der Waals surface area contributed by atoms with Crippen LogP contribution in [0.4, 0.5) is 5.69 Å². The molecule has 9 heteroatoms. The van der Waals surface area contributed by atoms with Crippen LogP contribution in [-0.2, 0) is 26.2 Å². The molecule has 0 spiro atoms. The van der Waals surface area contributed by atoms with E-state index in [4.69, 9.17) is 4.74 Å². The molecule has 3 aromatic rings. The Hall–Kier alpha value is -3.85. The molecule has 0 saturated heterocycles. The molecule has 2 amide bonds. The second-order valence-electron chi connectivity index (χ2n) is 9.58. The third kappa shape index (κ3) is 8.08. The minimum atomic E-state index is -4.13. The first-order valence-corrected chi connectivity index (χ1v) is 15.0. The third-order valence-corrected chi connectivity index (χ3v) is 8.30. The zero-order valence-corrected chi connectivity index (χ0v) is 24.5. The molecule has 0 radical (unpaired) electrons. The van der Waals surface area contributed by atoms with Gasteiger partial charge in [-0.1, -0.05) is 61.4 Å². The highest BCUT2D eigenvalue weighted by molar-refractivity contribution is 7.92. The Balaban J connectivity index is 1.96. The predicted octanol–water partition coefficient (Wildman–Crippen LogP) is 4.92. The molecule has 0 unspecified atom stereocenters. The number of hydrogen-bond acceptors (Lipinski definition) is 5. The van der Waals surface area contributed by atoms with Gasteiger partial charge < -0.3 is 15.0 Å². The zero-order valence-electron chi connectivity index (χ0n) is 23.7. The molecule has 0 saturated carbocycles. The lowest BCUT2D eigenvalue weighted by Crippen LogP contribution is -2.51. The Morgan fingerprint density at radius 1 is 0.925 bits per heavy atom. The molecule has 214 valence electrons. The van der Waals surface area contributed by atoms with Gasteiger partial charge in [0.15, 0.2) is 0 Å². The van der Waals surface area contributed by atoms with E-state index in [2.05, 4.69) is 5.32 Å². The highest BCUT2D eigenvalue weighted by atomic mass is 32.2. The average molecular weight is 566 g/mol. The molecule has 0 aromatic heterocycles.